The van der Waals surface area contributed by atoms with Crippen molar-refractivity contribution in [3.8, 4) is 17.3 Å². The molecule has 0 aliphatic rings. The SMILES string of the molecule is O=C(O)c1cccc(-c2nc(O)cc(=O)n2Cc2ccccc2)c1. The Bertz CT molecular complexity index is 949. The highest BCUT2D eigenvalue weighted by Crippen LogP contribution is 2.20. The molecule has 6 heteroatoms. The predicted octanol–water partition coefficient (Wildman–Crippen LogP) is 2.36. The van der Waals surface area contributed by atoms with Crippen LogP contribution in [0.1, 0.15) is 15.9 Å². The van der Waals surface area contributed by atoms with Gasteiger partial charge in [-0.05, 0) is 17.7 Å². The van der Waals surface area contributed by atoms with E-state index in [2.05, 4.69) is 4.98 Å². The number of aromatic hydroxyl groups is 1. The average molecular weight is 322 g/mol. The van der Waals surface area contributed by atoms with E-state index in [-0.39, 0.29) is 17.9 Å². The van der Waals surface area contributed by atoms with Gasteiger partial charge in [0.05, 0.1) is 18.2 Å². The molecule has 3 rings (SSSR count). The molecule has 6 nitrogen and oxygen atoms in total. The number of aromatic nitrogens is 2. The summed E-state index contributed by atoms with van der Waals surface area (Å²) in [6.45, 7) is 0.263. The van der Waals surface area contributed by atoms with Gasteiger partial charge in [0.25, 0.3) is 5.56 Å². The standard InChI is InChI=1S/C18H14N2O4/c21-15-10-16(22)20(11-12-5-2-1-3-6-12)17(19-15)13-7-4-8-14(9-13)18(23)24/h1-10,21H,11H2,(H,23,24). The van der Waals surface area contributed by atoms with Crippen LogP contribution in [0.15, 0.2) is 65.5 Å². The number of hydrogen-bond donors (Lipinski definition) is 2. The molecule has 0 unspecified atom stereocenters. The molecular formula is C18H14N2O4. The van der Waals surface area contributed by atoms with Crippen molar-refractivity contribution in [2.75, 3.05) is 0 Å². The van der Waals surface area contributed by atoms with E-state index in [4.69, 9.17) is 5.11 Å². The predicted molar refractivity (Wildman–Crippen MR) is 88.1 cm³/mol. The Labute approximate surface area is 137 Å². The average Bonchev–Trinajstić information content (AvgIpc) is 2.58. The Kier molecular flexibility index (Phi) is 4.11. The summed E-state index contributed by atoms with van der Waals surface area (Å²) in [6.07, 6.45) is 0. The molecule has 3 aromatic rings. The van der Waals surface area contributed by atoms with Crippen LogP contribution in [-0.2, 0) is 6.54 Å². The fourth-order valence-corrected chi connectivity index (χ4v) is 2.42. The maximum absolute atomic E-state index is 12.3. The van der Waals surface area contributed by atoms with Crippen LogP contribution in [-0.4, -0.2) is 25.7 Å². The Balaban J connectivity index is 2.15. The van der Waals surface area contributed by atoms with E-state index < -0.39 is 17.4 Å². The second kappa shape index (κ2) is 6.37. The summed E-state index contributed by atoms with van der Waals surface area (Å²) < 4.78 is 1.40. The number of nitrogens with zero attached hydrogens (tertiary/aromatic N) is 2. The lowest BCUT2D eigenvalue weighted by atomic mass is 10.1. The maximum Gasteiger partial charge on any atom is 0.335 e. The number of carboxylic acid groups (broad SMARTS) is 1. The molecule has 0 bridgehead atoms. The molecule has 120 valence electrons. The van der Waals surface area contributed by atoms with Gasteiger partial charge in [0.1, 0.15) is 5.82 Å². The molecule has 1 aromatic heterocycles. The first-order chi connectivity index (χ1) is 11.5. The smallest absolute Gasteiger partial charge is 0.335 e. The maximum atomic E-state index is 12.3. The molecule has 0 saturated carbocycles. The highest BCUT2D eigenvalue weighted by atomic mass is 16.4. The third-order valence-electron chi connectivity index (χ3n) is 3.55. The normalized spacial score (nSPS) is 10.5. The zero-order valence-corrected chi connectivity index (χ0v) is 12.6. The fourth-order valence-electron chi connectivity index (χ4n) is 2.42. The van der Waals surface area contributed by atoms with E-state index in [1.165, 1.54) is 16.7 Å². The molecule has 0 amide bonds. The summed E-state index contributed by atoms with van der Waals surface area (Å²) in [5, 5.41) is 18.8. The fraction of sp³-hybridized carbons (Fsp3) is 0.0556. The molecule has 0 aliphatic heterocycles. The highest BCUT2D eigenvalue weighted by molar-refractivity contribution is 5.89. The van der Waals surface area contributed by atoms with Crippen LogP contribution in [0.4, 0.5) is 0 Å². The molecular weight excluding hydrogens is 308 g/mol. The van der Waals surface area contributed by atoms with Gasteiger partial charge in [-0.15, -0.1) is 0 Å². The van der Waals surface area contributed by atoms with Crippen LogP contribution in [0, 0.1) is 0 Å². The molecule has 1 heterocycles. The van der Waals surface area contributed by atoms with E-state index in [0.717, 1.165) is 11.6 Å². The van der Waals surface area contributed by atoms with Crippen LogP contribution in [0.25, 0.3) is 11.4 Å². The van der Waals surface area contributed by atoms with Crippen molar-refractivity contribution < 1.29 is 15.0 Å². The van der Waals surface area contributed by atoms with Gasteiger partial charge >= 0.3 is 5.97 Å². The Morgan fingerprint density at radius 3 is 2.50 bits per heavy atom. The van der Waals surface area contributed by atoms with E-state index in [1.54, 1.807) is 12.1 Å². The van der Waals surface area contributed by atoms with Crippen LogP contribution >= 0.6 is 0 Å². The lowest BCUT2D eigenvalue weighted by Crippen LogP contribution is -2.22. The summed E-state index contributed by atoms with van der Waals surface area (Å²) in [4.78, 5) is 27.5. The molecule has 0 saturated heterocycles. The first kappa shape index (κ1) is 15.5. The Hall–Kier alpha value is -3.41. The number of carbonyl (C=O) groups is 1. The lowest BCUT2D eigenvalue weighted by molar-refractivity contribution is 0.0697. The van der Waals surface area contributed by atoms with Gasteiger partial charge in [-0.25, -0.2) is 4.79 Å². The van der Waals surface area contributed by atoms with Crippen molar-refractivity contribution >= 4 is 5.97 Å². The topological polar surface area (TPSA) is 92.4 Å². The van der Waals surface area contributed by atoms with Crippen molar-refractivity contribution in [3.05, 3.63) is 82.1 Å². The van der Waals surface area contributed by atoms with Crippen molar-refractivity contribution in [1.82, 2.24) is 9.55 Å². The van der Waals surface area contributed by atoms with Crippen molar-refractivity contribution in [2.45, 2.75) is 6.54 Å². The number of carboxylic acids is 1. The van der Waals surface area contributed by atoms with Crippen molar-refractivity contribution in [1.29, 1.82) is 0 Å². The van der Waals surface area contributed by atoms with E-state index in [1.807, 2.05) is 30.3 Å². The molecule has 0 spiro atoms. The largest absolute Gasteiger partial charge is 0.493 e. The molecule has 0 atom stereocenters. The Morgan fingerprint density at radius 2 is 1.79 bits per heavy atom. The van der Waals surface area contributed by atoms with Gasteiger partial charge in [0.15, 0.2) is 0 Å². The lowest BCUT2D eigenvalue weighted by Gasteiger charge is -2.13. The molecule has 0 fully saturated rings. The van der Waals surface area contributed by atoms with Crippen LogP contribution in [0.5, 0.6) is 5.88 Å². The summed E-state index contributed by atoms with van der Waals surface area (Å²) in [6, 6.07) is 16.5. The van der Waals surface area contributed by atoms with Gasteiger partial charge in [0, 0.05) is 5.56 Å². The number of benzene rings is 2. The minimum atomic E-state index is -1.08. The summed E-state index contributed by atoms with van der Waals surface area (Å²) in [5.41, 5.74) is 1.000. The summed E-state index contributed by atoms with van der Waals surface area (Å²) >= 11 is 0. The number of rotatable bonds is 4. The third-order valence-corrected chi connectivity index (χ3v) is 3.55. The summed E-state index contributed by atoms with van der Waals surface area (Å²) in [7, 11) is 0. The quantitative estimate of drug-likeness (QED) is 0.769. The third kappa shape index (κ3) is 3.17. The van der Waals surface area contributed by atoms with Crippen LogP contribution in [0.2, 0.25) is 0 Å². The molecule has 2 N–H and O–H groups in total. The molecule has 0 aliphatic carbocycles. The van der Waals surface area contributed by atoms with Gasteiger partial charge in [0.2, 0.25) is 5.88 Å². The summed E-state index contributed by atoms with van der Waals surface area (Å²) in [5.74, 6) is -1.26. The van der Waals surface area contributed by atoms with E-state index in [0.29, 0.717) is 5.56 Å². The molecule has 24 heavy (non-hydrogen) atoms. The minimum absolute atomic E-state index is 0.0800. The van der Waals surface area contributed by atoms with E-state index in [9.17, 15) is 14.7 Å². The second-order valence-electron chi connectivity index (χ2n) is 5.23. The molecule has 2 aromatic carbocycles. The first-order valence-corrected chi connectivity index (χ1v) is 7.23. The molecule has 0 radical (unpaired) electrons. The van der Waals surface area contributed by atoms with Crippen LogP contribution < -0.4 is 5.56 Å². The van der Waals surface area contributed by atoms with Crippen molar-refractivity contribution in [3.63, 3.8) is 0 Å². The van der Waals surface area contributed by atoms with Gasteiger partial charge in [-0.2, -0.15) is 4.98 Å². The minimum Gasteiger partial charge on any atom is -0.493 e. The Morgan fingerprint density at radius 1 is 1.04 bits per heavy atom. The first-order valence-electron chi connectivity index (χ1n) is 7.23. The number of hydrogen-bond acceptors (Lipinski definition) is 4. The van der Waals surface area contributed by atoms with E-state index >= 15 is 0 Å². The second-order valence-corrected chi connectivity index (χ2v) is 5.23. The van der Waals surface area contributed by atoms with Gasteiger partial charge < -0.3 is 10.2 Å². The van der Waals surface area contributed by atoms with Crippen molar-refractivity contribution in [2.24, 2.45) is 0 Å². The highest BCUT2D eigenvalue weighted by Gasteiger charge is 2.13. The van der Waals surface area contributed by atoms with Gasteiger partial charge in [-0.1, -0.05) is 42.5 Å². The van der Waals surface area contributed by atoms with Crippen LogP contribution in [0.3, 0.4) is 0 Å². The zero-order valence-electron chi connectivity index (χ0n) is 12.6. The monoisotopic (exact) mass is 322 g/mol. The zero-order chi connectivity index (χ0) is 17.1. The van der Waals surface area contributed by atoms with Gasteiger partial charge in [-0.3, -0.25) is 9.36 Å². The number of aromatic carboxylic acids is 1.